The number of nitrogens with zero attached hydrogens (tertiary/aromatic N) is 1. The van der Waals surface area contributed by atoms with Crippen LogP contribution in [0, 0.1) is 0 Å². The molecule has 112 valence electrons. The van der Waals surface area contributed by atoms with E-state index in [1.165, 1.54) is 34.0 Å². The van der Waals surface area contributed by atoms with Crippen molar-refractivity contribution in [3.63, 3.8) is 0 Å². The summed E-state index contributed by atoms with van der Waals surface area (Å²) in [5.74, 6) is 0.903. The molecule has 1 unspecified atom stereocenters. The summed E-state index contributed by atoms with van der Waals surface area (Å²) in [7, 11) is 1.71. The van der Waals surface area contributed by atoms with Gasteiger partial charge < -0.3 is 10.1 Å². The molecule has 21 heavy (non-hydrogen) atoms. The number of benzene rings is 1. The van der Waals surface area contributed by atoms with Crippen LogP contribution in [0.3, 0.4) is 0 Å². The Balaban J connectivity index is 1.92. The monoisotopic (exact) mass is 302 g/mol. The van der Waals surface area contributed by atoms with E-state index in [0.29, 0.717) is 0 Å². The van der Waals surface area contributed by atoms with E-state index in [2.05, 4.69) is 30.4 Å². The molecule has 1 aliphatic carbocycles. The maximum Gasteiger partial charge on any atom is 0.119 e. The van der Waals surface area contributed by atoms with Gasteiger partial charge >= 0.3 is 0 Å². The van der Waals surface area contributed by atoms with E-state index in [9.17, 15) is 0 Å². The number of hydrogen-bond acceptors (Lipinski definition) is 4. The van der Waals surface area contributed by atoms with Crippen LogP contribution < -0.4 is 10.1 Å². The summed E-state index contributed by atoms with van der Waals surface area (Å²) in [6.07, 6.45) is 4.72. The highest BCUT2D eigenvalue weighted by atomic mass is 32.1. The highest BCUT2D eigenvalue weighted by molar-refractivity contribution is 7.11. The first-order valence-corrected chi connectivity index (χ1v) is 8.49. The van der Waals surface area contributed by atoms with E-state index in [0.717, 1.165) is 25.1 Å². The number of methoxy groups -OCH3 is 1. The molecule has 0 aliphatic heterocycles. The van der Waals surface area contributed by atoms with E-state index in [1.54, 1.807) is 7.11 Å². The van der Waals surface area contributed by atoms with Gasteiger partial charge in [0.05, 0.1) is 18.8 Å². The van der Waals surface area contributed by atoms with Crippen molar-refractivity contribution in [2.75, 3.05) is 13.7 Å². The fraction of sp³-hybridized carbons (Fsp3) is 0.471. The maximum atomic E-state index is 5.36. The third-order valence-corrected chi connectivity index (χ3v) is 5.11. The largest absolute Gasteiger partial charge is 0.497 e. The fourth-order valence-corrected chi connectivity index (χ4v) is 4.05. The Morgan fingerprint density at radius 1 is 1.38 bits per heavy atom. The van der Waals surface area contributed by atoms with Crippen molar-refractivity contribution < 1.29 is 4.74 Å². The van der Waals surface area contributed by atoms with Crippen molar-refractivity contribution in [1.29, 1.82) is 0 Å². The molecule has 1 heterocycles. The Labute approximate surface area is 130 Å². The Morgan fingerprint density at radius 2 is 2.29 bits per heavy atom. The normalized spacial score (nSPS) is 15.0. The second-order valence-electron chi connectivity index (χ2n) is 5.44. The molecule has 0 amide bonds. The zero-order valence-corrected chi connectivity index (χ0v) is 13.5. The Hall–Kier alpha value is -1.39. The molecule has 0 saturated carbocycles. The average molecular weight is 302 g/mol. The molecule has 3 rings (SSSR count). The first-order chi connectivity index (χ1) is 10.3. The van der Waals surface area contributed by atoms with Crippen LogP contribution in [0.2, 0.25) is 0 Å². The van der Waals surface area contributed by atoms with Crippen LogP contribution in [0.25, 0.3) is 0 Å². The van der Waals surface area contributed by atoms with Gasteiger partial charge in [0, 0.05) is 4.88 Å². The average Bonchev–Trinajstić information content (AvgIpc) is 3.09. The van der Waals surface area contributed by atoms with Crippen LogP contribution in [0.15, 0.2) is 24.3 Å². The van der Waals surface area contributed by atoms with Crippen molar-refractivity contribution in [3.8, 4) is 5.75 Å². The number of thiazole rings is 1. The second kappa shape index (κ2) is 6.58. The molecule has 1 N–H and O–H groups in total. The molecule has 2 aromatic rings. The lowest BCUT2D eigenvalue weighted by Crippen LogP contribution is -2.23. The van der Waals surface area contributed by atoms with Gasteiger partial charge in [0.1, 0.15) is 10.8 Å². The molecule has 1 aliphatic rings. The number of nitrogens with one attached hydrogen (secondary N) is 1. The van der Waals surface area contributed by atoms with Gasteiger partial charge in [0.25, 0.3) is 0 Å². The Morgan fingerprint density at radius 3 is 3.05 bits per heavy atom. The summed E-state index contributed by atoms with van der Waals surface area (Å²) >= 11 is 1.87. The van der Waals surface area contributed by atoms with Gasteiger partial charge in [-0.2, -0.15) is 0 Å². The zero-order chi connectivity index (χ0) is 14.7. The van der Waals surface area contributed by atoms with E-state index in [4.69, 9.17) is 9.72 Å². The van der Waals surface area contributed by atoms with E-state index in [-0.39, 0.29) is 6.04 Å². The van der Waals surface area contributed by atoms with Crippen LogP contribution in [0.4, 0.5) is 0 Å². The molecule has 3 nitrogen and oxygen atoms in total. The summed E-state index contributed by atoms with van der Waals surface area (Å²) in [4.78, 5) is 6.37. The lowest BCUT2D eigenvalue weighted by molar-refractivity contribution is 0.413. The molecule has 0 bridgehead atoms. The summed E-state index contributed by atoms with van der Waals surface area (Å²) in [6, 6.07) is 8.48. The fourth-order valence-electron chi connectivity index (χ4n) is 2.79. The van der Waals surface area contributed by atoms with E-state index in [1.807, 2.05) is 17.4 Å². The smallest absolute Gasteiger partial charge is 0.119 e. The molecular formula is C17H22N2OS. The molecule has 4 heteroatoms. The maximum absolute atomic E-state index is 5.36. The summed E-state index contributed by atoms with van der Waals surface area (Å²) < 4.78 is 5.36. The molecule has 0 spiro atoms. The molecule has 1 aromatic carbocycles. The van der Waals surface area contributed by atoms with Gasteiger partial charge in [-0.05, 0) is 49.9 Å². The Kier molecular flexibility index (Phi) is 4.56. The third-order valence-electron chi connectivity index (χ3n) is 3.88. The summed E-state index contributed by atoms with van der Waals surface area (Å²) in [5, 5.41) is 4.83. The summed E-state index contributed by atoms with van der Waals surface area (Å²) in [5.41, 5.74) is 2.55. The highest BCUT2D eigenvalue weighted by Crippen LogP contribution is 2.34. The van der Waals surface area contributed by atoms with Gasteiger partial charge in [-0.1, -0.05) is 19.1 Å². The molecule has 0 radical (unpaired) electrons. The molecular weight excluding hydrogens is 280 g/mol. The van der Waals surface area contributed by atoms with Gasteiger partial charge in [-0.25, -0.2) is 4.98 Å². The number of aryl methyl sites for hydroxylation is 2. The number of ether oxygens (including phenoxy) is 1. The van der Waals surface area contributed by atoms with E-state index < -0.39 is 0 Å². The van der Waals surface area contributed by atoms with Gasteiger partial charge in [0.2, 0.25) is 0 Å². The predicted octanol–water partition coefficient (Wildman–Crippen LogP) is 3.73. The van der Waals surface area contributed by atoms with Crippen LogP contribution in [0.1, 0.15) is 46.9 Å². The lowest BCUT2D eigenvalue weighted by atomic mass is 10.1. The second-order valence-corrected chi connectivity index (χ2v) is 6.55. The van der Waals surface area contributed by atoms with Crippen molar-refractivity contribution in [3.05, 3.63) is 45.4 Å². The van der Waals surface area contributed by atoms with E-state index >= 15 is 0 Å². The number of hydrogen-bond donors (Lipinski definition) is 1. The zero-order valence-electron chi connectivity index (χ0n) is 12.7. The highest BCUT2D eigenvalue weighted by Gasteiger charge is 2.23. The van der Waals surface area contributed by atoms with Gasteiger partial charge in [0.15, 0.2) is 0 Å². The molecule has 0 saturated heterocycles. The number of rotatable bonds is 6. The predicted molar refractivity (Wildman–Crippen MR) is 87.3 cm³/mol. The minimum absolute atomic E-state index is 0.177. The molecule has 1 atom stereocenters. The van der Waals surface area contributed by atoms with Crippen molar-refractivity contribution in [2.24, 2.45) is 0 Å². The number of aromatic nitrogens is 1. The van der Waals surface area contributed by atoms with Crippen molar-refractivity contribution >= 4 is 11.3 Å². The quantitative estimate of drug-likeness (QED) is 0.883. The minimum Gasteiger partial charge on any atom is -0.497 e. The van der Waals surface area contributed by atoms with Gasteiger partial charge in [-0.15, -0.1) is 11.3 Å². The third kappa shape index (κ3) is 3.11. The first-order valence-electron chi connectivity index (χ1n) is 7.67. The van der Waals surface area contributed by atoms with Crippen LogP contribution in [-0.4, -0.2) is 18.6 Å². The van der Waals surface area contributed by atoms with Crippen LogP contribution in [-0.2, 0) is 12.8 Å². The van der Waals surface area contributed by atoms with Crippen molar-refractivity contribution in [1.82, 2.24) is 10.3 Å². The first kappa shape index (κ1) is 14.5. The lowest BCUT2D eigenvalue weighted by Gasteiger charge is -2.17. The molecule has 0 fully saturated rings. The minimum atomic E-state index is 0.177. The summed E-state index contributed by atoms with van der Waals surface area (Å²) in [6.45, 7) is 3.18. The standard InChI is InChI=1S/C17H22N2OS/c1-3-10-18-16(12-6-4-7-13(11-12)20-2)17-19-14-8-5-9-15(14)21-17/h4,6-7,11,16,18H,3,5,8-10H2,1-2H3. The SMILES string of the molecule is CCCNC(c1cccc(OC)c1)c1nc2c(s1)CCC2. The topological polar surface area (TPSA) is 34.1 Å². The Bertz CT molecular complexity index is 587. The molecule has 1 aromatic heterocycles. The van der Waals surface area contributed by atoms with Crippen molar-refractivity contribution in [2.45, 2.75) is 38.6 Å². The number of fused-ring (bicyclic) bond motifs is 1. The van der Waals surface area contributed by atoms with Gasteiger partial charge in [-0.3, -0.25) is 0 Å². The van der Waals surface area contributed by atoms with Crippen LogP contribution in [0.5, 0.6) is 5.75 Å². The van der Waals surface area contributed by atoms with Crippen LogP contribution >= 0.6 is 11.3 Å².